The molecule has 0 unspecified atom stereocenters. The van der Waals surface area contributed by atoms with E-state index in [-0.39, 0.29) is 11.3 Å². The summed E-state index contributed by atoms with van der Waals surface area (Å²) in [6.07, 6.45) is 0. The number of carbonyl (C=O) groups excluding carboxylic acids is 3. The number of esters is 1. The molecule has 26 heavy (non-hydrogen) atoms. The van der Waals surface area contributed by atoms with Crippen molar-refractivity contribution in [2.24, 2.45) is 0 Å². The van der Waals surface area contributed by atoms with Crippen LogP contribution in [0.25, 0.3) is 0 Å². The van der Waals surface area contributed by atoms with Gasteiger partial charge in [-0.1, -0.05) is 23.2 Å². The second kappa shape index (κ2) is 9.47. The number of carbonyl (C=O) groups is 3. The molecule has 2 amide bonds. The van der Waals surface area contributed by atoms with Crippen molar-refractivity contribution >= 4 is 52.7 Å². The molecule has 9 heteroatoms. The molecule has 0 spiro atoms. The SMILES string of the molecule is COC(=O)c1ccc(C(=O)NNC(=O)CSc2cc(Cl)ccc2Cl)cc1. The summed E-state index contributed by atoms with van der Waals surface area (Å²) in [5, 5.41) is 1.00. The Balaban J connectivity index is 1.84. The number of thioether (sulfide) groups is 1. The van der Waals surface area contributed by atoms with E-state index in [0.29, 0.717) is 20.5 Å². The highest BCUT2D eigenvalue weighted by molar-refractivity contribution is 8.00. The third-order valence-corrected chi connectivity index (χ3v) is 4.87. The lowest BCUT2D eigenvalue weighted by atomic mass is 10.1. The van der Waals surface area contributed by atoms with Crippen LogP contribution in [0.2, 0.25) is 10.0 Å². The molecule has 0 fully saturated rings. The summed E-state index contributed by atoms with van der Waals surface area (Å²) in [5.41, 5.74) is 5.21. The van der Waals surface area contributed by atoms with Crippen LogP contribution in [-0.4, -0.2) is 30.6 Å². The predicted molar refractivity (Wildman–Crippen MR) is 101 cm³/mol. The number of rotatable bonds is 5. The Morgan fingerprint density at radius 1 is 1.00 bits per heavy atom. The number of hydrazine groups is 1. The first-order valence-electron chi connectivity index (χ1n) is 7.26. The van der Waals surface area contributed by atoms with Crippen molar-refractivity contribution < 1.29 is 19.1 Å². The van der Waals surface area contributed by atoms with Crippen LogP contribution in [0.1, 0.15) is 20.7 Å². The van der Waals surface area contributed by atoms with Gasteiger partial charge >= 0.3 is 5.97 Å². The van der Waals surface area contributed by atoms with Gasteiger partial charge in [0.15, 0.2) is 0 Å². The number of hydrogen-bond donors (Lipinski definition) is 2. The minimum Gasteiger partial charge on any atom is -0.465 e. The van der Waals surface area contributed by atoms with E-state index in [0.717, 1.165) is 0 Å². The van der Waals surface area contributed by atoms with Crippen molar-refractivity contribution in [3.05, 3.63) is 63.6 Å². The molecule has 2 N–H and O–H groups in total. The maximum atomic E-state index is 12.0. The minimum atomic E-state index is -0.513. The van der Waals surface area contributed by atoms with Gasteiger partial charge in [-0.2, -0.15) is 0 Å². The second-order valence-electron chi connectivity index (χ2n) is 4.93. The van der Waals surface area contributed by atoms with Gasteiger partial charge in [-0.15, -0.1) is 11.8 Å². The summed E-state index contributed by atoms with van der Waals surface area (Å²) < 4.78 is 4.58. The summed E-state index contributed by atoms with van der Waals surface area (Å²) in [6.45, 7) is 0. The number of amides is 2. The number of nitrogens with one attached hydrogen (secondary N) is 2. The third kappa shape index (κ3) is 5.66. The van der Waals surface area contributed by atoms with Gasteiger partial charge in [0.1, 0.15) is 0 Å². The van der Waals surface area contributed by atoms with Crippen molar-refractivity contribution in [1.82, 2.24) is 10.9 Å². The van der Waals surface area contributed by atoms with E-state index >= 15 is 0 Å². The number of hydrogen-bond acceptors (Lipinski definition) is 5. The maximum absolute atomic E-state index is 12.0. The predicted octanol–water partition coefficient (Wildman–Crippen LogP) is 3.33. The fourth-order valence-electron chi connectivity index (χ4n) is 1.84. The number of benzene rings is 2. The van der Waals surface area contributed by atoms with Gasteiger partial charge < -0.3 is 4.74 Å². The zero-order valence-corrected chi connectivity index (χ0v) is 15.9. The molecule has 0 aliphatic rings. The van der Waals surface area contributed by atoms with E-state index in [9.17, 15) is 14.4 Å². The third-order valence-electron chi connectivity index (χ3n) is 3.14. The zero-order chi connectivity index (χ0) is 19.1. The number of halogens is 2. The molecule has 2 rings (SSSR count). The summed E-state index contributed by atoms with van der Waals surface area (Å²) in [7, 11) is 1.27. The normalized spacial score (nSPS) is 10.1. The maximum Gasteiger partial charge on any atom is 0.337 e. The lowest BCUT2D eigenvalue weighted by Gasteiger charge is -2.08. The molecule has 2 aromatic rings. The molecule has 136 valence electrons. The highest BCUT2D eigenvalue weighted by Gasteiger charge is 2.11. The molecule has 0 saturated heterocycles. The molecule has 0 aliphatic heterocycles. The average Bonchev–Trinajstić information content (AvgIpc) is 2.66. The van der Waals surface area contributed by atoms with Crippen molar-refractivity contribution in [3.63, 3.8) is 0 Å². The van der Waals surface area contributed by atoms with Crippen LogP contribution in [0.3, 0.4) is 0 Å². The van der Waals surface area contributed by atoms with Crippen LogP contribution in [-0.2, 0) is 9.53 Å². The molecule has 0 bridgehead atoms. The van der Waals surface area contributed by atoms with Crippen LogP contribution in [0, 0.1) is 0 Å². The van der Waals surface area contributed by atoms with Gasteiger partial charge in [0.25, 0.3) is 5.91 Å². The Morgan fingerprint density at radius 2 is 1.65 bits per heavy atom. The van der Waals surface area contributed by atoms with E-state index in [1.807, 2.05) is 0 Å². The van der Waals surface area contributed by atoms with Crippen LogP contribution in [0.15, 0.2) is 47.4 Å². The Kier molecular flexibility index (Phi) is 7.32. The van der Waals surface area contributed by atoms with Crippen LogP contribution < -0.4 is 10.9 Å². The first-order chi connectivity index (χ1) is 12.4. The molecular formula is C17H14Cl2N2O4S. The van der Waals surface area contributed by atoms with E-state index < -0.39 is 17.8 Å². The smallest absolute Gasteiger partial charge is 0.337 e. The molecule has 0 aromatic heterocycles. The largest absolute Gasteiger partial charge is 0.465 e. The second-order valence-corrected chi connectivity index (χ2v) is 6.80. The van der Waals surface area contributed by atoms with E-state index in [1.54, 1.807) is 18.2 Å². The Hall–Kier alpha value is -2.22. The number of ether oxygens (including phenoxy) is 1. The summed E-state index contributed by atoms with van der Waals surface area (Å²) in [4.78, 5) is 35.8. The van der Waals surface area contributed by atoms with Crippen molar-refractivity contribution in [2.45, 2.75) is 4.90 Å². The molecule has 0 radical (unpaired) electrons. The van der Waals surface area contributed by atoms with Gasteiger partial charge in [0.05, 0.1) is 23.4 Å². The monoisotopic (exact) mass is 412 g/mol. The molecule has 0 aliphatic carbocycles. The highest BCUT2D eigenvalue weighted by Crippen LogP contribution is 2.29. The Morgan fingerprint density at radius 3 is 2.31 bits per heavy atom. The van der Waals surface area contributed by atoms with Gasteiger partial charge in [-0.05, 0) is 42.5 Å². The summed E-state index contributed by atoms with van der Waals surface area (Å²) in [5.74, 6) is -1.38. The lowest BCUT2D eigenvalue weighted by Crippen LogP contribution is -2.42. The fraction of sp³-hybridized carbons (Fsp3) is 0.118. The standard InChI is InChI=1S/C17H14Cl2N2O4S/c1-25-17(24)11-4-2-10(3-5-11)16(23)21-20-15(22)9-26-14-8-12(18)6-7-13(14)19/h2-8H,9H2,1H3,(H,20,22)(H,21,23). The van der Waals surface area contributed by atoms with Gasteiger partial charge in [-0.3, -0.25) is 20.4 Å². The van der Waals surface area contributed by atoms with Crippen LogP contribution >= 0.6 is 35.0 Å². The molecule has 6 nitrogen and oxygen atoms in total. The number of methoxy groups -OCH3 is 1. The molecule has 0 atom stereocenters. The topological polar surface area (TPSA) is 84.5 Å². The van der Waals surface area contributed by atoms with Crippen molar-refractivity contribution in [3.8, 4) is 0 Å². The van der Waals surface area contributed by atoms with Gasteiger partial charge in [0.2, 0.25) is 5.91 Å². The summed E-state index contributed by atoms with van der Waals surface area (Å²) >= 11 is 13.1. The molecule has 2 aromatic carbocycles. The Labute approximate surface area is 164 Å². The minimum absolute atomic E-state index is 0.0433. The van der Waals surface area contributed by atoms with Crippen LogP contribution in [0.4, 0.5) is 0 Å². The van der Waals surface area contributed by atoms with Gasteiger partial charge in [-0.25, -0.2) is 4.79 Å². The van der Waals surface area contributed by atoms with Crippen molar-refractivity contribution in [2.75, 3.05) is 12.9 Å². The zero-order valence-electron chi connectivity index (χ0n) is 13.5. The molecule has 0 saturated carbocycles. The van der Waals surface area contributed by atoms with Crippen LogP contribution in [0.5, 0.6) is 0 Å². The lowest BCUT2D eigenvalue weighted by molar-refractivity contribution is -0.119. The average molecular weight is 413 g/mol. The van der Waals surface area contributed by atoms with Crippen molar-refractivity contribution in [1.29, 1.82) is 0 Å². The molecular weight excluding hydrogens is 399 g/mol. The molecule has 0 heterocycles. The first kappa shape index (κ1) is 20.1. The van der Waals surface area contributed by atoms with Gasteiger partial charge in [0, 0.05) is 15.5 Å². The van der Waals surface area contributed by atoms with E-state index in [1.165, 1.54) is 43.1 Å². The first-order valence-corrected chi connectivity index (χ1v) is 9.00. The summed E-state index contributed by atoms with van der Waals surface area (Å²) in [6, 6.07) is 10.8. The quantitative estimate of drug-likeness (QED) is 0.446. The van der Waals surface area contributed by atoms with E-state index in [2.05, 4.69) is 15.6 Å². The highest BCUT2D eigenvalue weighted by atomic mass is 35.5. The Bertz CT molecular complexity index is 828. The fourth-order valence-corrected chi connectivity index (χ4v) is 3.13. The van der Waals surface area contributed by atoms with E-state index in [4.69, 9.17) is 23.2 Å².